The van der Waals surface area contributed by atoms with Crippen molar-refractivity contribution in [3.8, 4) is 0 Å². The molecule has 1 atom stereocenters. The van der Waals surface area contributed by atoms with Crippen molar-refractivity contribution in [2.45, 2.75) is 10.7 Å². The molecule has 0 radical (unpaired) electrons. The molecule has 106 valence electrons. The molecule has 2 N–H and O–H groups in total. The van der Waals surface area contributed by atoms with Crippen LogP contribution in [0.3, 0.4) is 0 Å². The molecule has 0 spiro atoms. The molecule has 6 heteroatoms. The van der Waals surface area contributed by atoms with Gasteiger partial charge in [0.1, 0.15) is 0 Å². The van der Waals surface area contributed by atoms with Crippen LogP contribution in [0.5, 0.6) is 0 Å². The van der Waals surface area contributed by atoms with Gasteiger partial charge in [-0.15, -0.1) is 0 Å². The predicted molar refractivity (Wildman–Crippen MR) is 78.5 cm³/mol. The van der Waals surface area contributed by atoms with Crippen LogP contribution in [0.1, 0.15) is 5.56 Å². The molecule has 0 bridgehead atoms. The summed E-state index contributed by atoms with van der Waals surface area (Å²) in [5.74, 6) is 0.165. The maximum atomic E-state index is 12.3. The van der Waals surface area contributed by atoms with E-state index in [0.29, 0.717) is 5.75 Å². The van der Waals surface area contributed by atoms with Gasteiger partial charge in [-0.2, -0.15) is 0 Å². The van der Waals surface area contributed by atoms with Crippen molar-refractivity contribution in [3.63, 3.8) is 0 Å². The summed E-state index contributed by atoms with van der Waals surface area (Å²) in [5.41, 5.74) is -0.0265. The van der Waals surface area contributed by atoms with Crippen molar-refractivity contribution >= 4 is 17.7 Å². The first-order chi connectivity index (χ1) is 9.73. The topological polar surface area (TPSA) is 67.0 Å². The van der Waals surface area contributed by atoms with Crippen molar-refractivity contribution < 1.29 is 9.53 Å². The summed E-state index contributed by atoms with van der Waals surface area (Å²) in [5, 5.41) is 3.88. The van der Waals surface area contributed by atoms with E-state index < -0.39 is 5.54 Å². The zero-order chi connectivity index (χ0) is 14.4. The highest BCUT2D eigenvalue weighted by Crippen LogP contribution is 2.29. The molecule has 0 saturated heterocycles. The Balaban J connectivity index is 2.30. The number of aromatic nitrogens is 2. The Bertz CT molecular complexity index is 545. The first-order valence-electron chi connectivity index (χ1n) is 6.18. The number of nitrogens with zero attached hydrogens (tertiary/aromatic N) is 1. The molecule has 0 amide bonds. The number of thioether (sulfide) groups is 1. The lowest BCUT2D eigenvalue weighted by molar-refractivity contribution is -0.147. The van der Waals surface area contributed by atoms with E-state index in [1.54, 1.807) is 19.4 Å². The minimum atomic E-state index is -0.895. The lowest BCUT2D eigenvalue weighted by Gasteiger charge is -2.30. The number of benzene rings is 1. The number of likely N-dealkylation sites (N-methyl/N-ethyl adjacent to an activating group) is 1. The number of ether oxygens (including phenoxy) is 1. The van der Waals surface area contributed by atoms with Crippen LogP contribution in [-0.2, 0) is 15.1 Å². The molecule has 2 rings (SSSR count). The van der Waals surface area contributed by atoms with E-state index in [1.807, 2.05) is 30.3 Å². The Kier molecular flexibility index (Phi) is 4.81. The van der Waals surface area contributed by atoms with Gasteiger partial charge < -0.3 is 15.0 Å². The Morgan fingerprint density at radius 2 is 2.20 bits per heavy atom. The maximum absolute atomic E-state index is 12.3. The van der Waals surface area contributed by atoms with Gasteiger partial charge in [0, 0.05) is 18.1 Å². The van der Waals surface area contributed by atoms with E-state index in [1.165, 1.54) is 18.9 Å². The van der Waals surface area contributed by atoms with Crippen LogP contribution in [0.4, 0.5) is 0 Å². The minimum absolute atomic E-state index is 0.315. The number of nitrogens with one attached hydrogen (secondary N) is 2. The molecule has 20 heavy (non-hydrogen) atoms. The number of aromatic amines is 1. The number of esters is 1. The third-order valence-corrected chi connectivity index (χ3v) is 4.20. The standard InChI is InChI=1S/C14H17N3O2S/c1-15-14(12(18)19-2,11-6-4-3-5-7-11)10-20-13-16-8-9-17-13/h3-9,15H,10H2,1-2H3,(H,16,17). The smallest absolute Gasteiger partial charge is 0.331 e. The number of methoxy groups -OCH3 is 1. The van der Waals surface area contributed by atoms with Gasteiger partial charge >= 0.3 is 5.97 Å². The zero-order valence-corrected chi connectivity index (χ0v) is 12.2. The summed E-state index contributed by atoms with van der Waals surface area (Å²) >= 11 is 1.47. The summed E-state index contributed by atoms with van der Waals surface area (Å²) in [6, 6.07) is 9.55. The number of imidazole rings is 1. The highest BCUT2D eigenvalue weighted by atomic mass is 32.2. The Morgan fingerprint density at radius 1 is 1.45 bits per heavy atom. The lowest BCUT2D eigenvalue weighted by Crippen LogP contribution is -2.50. The van der Waals surface area contributed by atoms with Crippen molar-refractivity contribution in [1.82, 2.24) is 15.3 Å². The fourth-order valence-electron chi connectivity index (χ4n) is 1.98. The van der Waals surface area contributed by atoms with Gasteiger partial charge in [-0.1, -0.05) is 42.1 Å². The Morgan fingerprint density at radius 3 is 2.75 bits per heavy atom. The SMILES string of the molecule is CNC(CSc1ncc[nH]1)(C(=O)OC)c1ccccc1. The van der Waals surface area contributed by atoms with Crippen LogP contribution in [-0.4, -0.2) is 35.8 Å². The molecule has 0 aliphatic carbocycles. The van der Waals surface area contributed by atoms with Crippen molar-refractivity contribution in [3.05, 3.63) is 48.3 Å². The quantitative estimate of drug-likeness (QED) is 0.627. The van der Waals surface area contributed by atoms with Gasteiger partial charge in [0.2, 0.25) is 0 Å². The van der Waals surface area contributed by atoms with Crippen molar-refractivity contribution in [2.75, 3.05) is 19.9 Å². The fraction of sp³-hybridized carbons (Fsp3) is 0.286. The molecule has 5 nitrogen and oxygen atoms in total. The van der Waals surface area contributed by atoms with Gasteiger partial charge in [-0.05, 0) is 12.6 Å². The van der Waals surface area contributed by atoms with Gasteiger partial charge in [0.05, 0.1) is 7.11 Å². The Hall–Kier alpha value is -1.79. The van der Waals surface area contributed by atoms with Crippen LogP contribution in [0.2, 0.25) is 0 Å². The molecule has 0 aliphatic heterocycles. The molecular weight excluding hydrogens is 274 g/mol. The number of H-pyrrole nitrogens is 1. The molecule has 1 heterocycles. The average molecular weight is 291 g/mol. The third-order valence-electron chi connectivity index (χ3n) is 3.13. The van der Waals surface area contributed by atoms with E-state index in [-0.39, 0.29) is 5.97 Å². The lowest BCUT2D eigenvalue weighted by atomic mass is 9.92. The van der Waals surface area contributed by atoms with Gasteiger partial charge in [-0.25, -0.2) is 9.78 Å². The molecule has 1 unspecified atom stereocenters. The maximum Gasteiger partial charge on any atom is 0.331 e. The van der Waals surface area contributed by atoms with Crippen LogP contribution in [0.15, 0.2) is 47.9 Å². The molecule has 0 saturated carbocycles. The number of carbonyl (C=O) groups is 1. The number of hydrogen-bond acceptors (Lipinski definition) is 5. The van der Waals surface area contributed by atoms with Crippen molar-refractivity contribution in [1.29, 1.82) is 0 Å². The molecule has 2 aromatic rings. The average Bonchev–Trinajstić information content (AvgIpc) is 3.02. The predicted octanol–water partition coefficient (Wildman–Crippen LogP) is 1.79. The summed E-state index contributed by atoms with van der Waals surface area (Å²) in [6.45, 7) is 0. The number of carbonyl (C=O) groups excluding carboxylic acids is 1. The Labute approximate surface area is 122 Å². The van der Waals surface area contributed by atoms with E-state index >= 15 is 0 Å². The van der Waals surface area contributed by atoms with Gasteiger partial charge in [0.15, 0.2) is 10.7 Å². The second-order valence-corrected chi connectivity index (χ2v) is 5.16. The molecule has 0 fully saturated rings. The van der Waals surface area contributed by atoms with E-state index in [9.17, 15) is 4.79 Å². The van der Waals surface area contributed by atoms with E-state index in [0.717, 1.165) is 10.7 Å². The highest BCUT2D eigenvalue weighted by Gasteiger charge is 2.40. The second kappa shape index (κ2) is 6.58. The zero-order valence-electron chi connectivity index (χ0n) is 11.4. The molecular formula is C14H17N3O2S. The summed E-state index contributed by atoms with van der Waals surface area (Å²) < 4.78 is 4.99. The summed E-state index contributed by atoms with van der Waals surface area (Å²) in [7, 11) is 3.15. The van der Waals surface area contributed by atoms with Crippen LogP contribution in [0.25, 0.3) is 0 Å². The summed E-state index contributed by atoms with van der Waals surface area (Å²) in [6.07, 6.45) is 3.44. The molecule has 0 aliphatic rings. The highest BCUT2D eigenvalue weighted by molar-refractivity contribution is 7.99. The normalized spacial score (nSPS) is 13.7. The number of hydrogen-bond donors (Lipinski definition) is 2. The van der Waals surface area contributed by atoms with Gasteiger partial charge in [0.25, 0.3) is 0 Å². The fourth-order valence-corrected chi connectivity index (χ4v) is 3.05. The molecule has 1 aromatic carbocycles. The third kappa shape index (κ3) is 2.86. The first kappa shape index (κ1) is 14.6. The van der Waals surface area contributed by atoms with E-state index in [4.69, 9.17) is 4.74 Å². The van der Waals surface area contributed by atoms with Crippen LogP contribution in [0, 0.1) is 0 Å². The van der Waals surface area contributed by atoms with Gasteiger partial charge in [-0.3, -0.25) is 0 Å². The summed E-state index contributed by atoms with van der Waals surface area (Å²) in [4.78, 5) is 19.5. The first-order valence-corrected chi connectivity index (χ1v) is 7.16. The monoisotopic (exact) mass is 291 g/mol. The van der Waals surface area contributed by atoms with E-state index in [2.05, 4.69) is 15.3 Å². The van der Waals surface area contributed by atoms with Crippen LogP contribution >= 0.6 is 11.8 Å². The number of rotatable bonds is 6. The van der Waals surface area contributed by atoms with Crippen LogP contribution < -0.4 is 5.32 Å². The van der Waals surface area contributed by atoms with Crippen molar-refractivity contribution in [2.24, 2.45) is 0 Å². The molecule has 1 aromatic heterocycles. The largest absolute Gasteiger partial charge is 0.467 e. The second-order valence-electron chi connectivity index (χ2n) is 4.20. The minimum Gasteiger partial charge on any atom is -0.467 e.